The maximum atomic E-state index is 5.64. The highest BCUT2D eigenvalue weighted by Gasteiger charge is 2.06. The highest BCUT2D eigenvalue weighted by atomic mass is 79.9. The maximum Gasteiger partial charge on any atom is 0.0962 e. The first kappa shape index (κ1) is 11.6. The van der Waals surface area contributed by atoms with Gasteiger partial charge in [-0.25, -0.2) is 0 Å². The van der Waals surface area contributed by atoms with E-state index in [0.29, 0.717) is 6.54 Å². The van der Waals surface area contributed by atoms with E-state index in [1.54, 1.807) is 11.3 Å². The van der Waals surface area contributed by atoms with E-state index in [4.69, 9.17) is 5.73 Å². The number of hydrogen-bond acceptors (Lipinski definition) is 3. The van der Waals surface area contributed by atoms with Gasteiger partial charge in [-0.1, -0.05) is 12.1 Å². The number of benzene rings is 1. The molecule has 16 heavy (non-hydrogen) atoms. The van der Waals surface area contributed by atoms with E-state index >= 15 is 0 Å². The summed E-state index contributed by atoms with van der Waals surface area (Å²) in [5.41, 5.74) is 7.96. The Balaban J connectivity index is 2.29. The molecule has 1 aromatic carbocycles. The van der Waals surface area contributed by atoms with Crippen molar-refractivity contribution in [2.75, 3.05) is 11.9 Å². The molecular formula is C12H13BrN2S. The van der Waals surface area contributed by atoms with Crippen LogP contribution in [0.3, 0.4) is 0 Å². The largest absolute Gasteiger partial charge is 0.336 e. The predicted octanol–water partition coefficient (Wildman–Crippen LogP) is 3.74. The Kier molecular flexibility index (Phi) is 3.63. The van der Waals surface area contributed by atoms with Crippen LogP contribution in [0.25, 0.3) is 0 Å². The van der Waals surface area contributed by atoms with Crippen LogP contribution in [0.5, 0.6) is 0 Å². The summed E-state index contributed by atoms with van der Waals surface area (Å²) in [5.74, 6) is 0. The normalized spacial score (nSPS) is 10.4. The molecule has 2 nitrogen and oxygen atoms in total. The van der Waals surface area contributed by atoms with Gasteiger partial charge in [0, 0.05) is 29.1 Å². The molecule has 0 radical (unpaired) electrons. The molecule has 4 heteroatoms. The first-order valence-corrected chi connectivity index (χ1v) is 6.65. The molecule has 1 heterocycles. The van der Waals surface area contributed by atoms with E-state index in [2.05, 4.69) is 51.5 Å². The standard InChI is InChI=1S/C12H13BrN2S/c1-15(12-6-10(13)8-16-12)11-4-2-3-9(5-11)7-14/h2-6,8H,7,14H2,1H3. The van der Waals surface area contributed by atoms with Gasteiger partial charge in [0.15, 0.2) is 0 Å². The second kappa shape index (κ2) is 4.99. The van der Waals surface area contributed by atoms with Gasteiger partial charge >= 0.3 is 0 Å². The number of halogens is 1. The average Bonchev–Trinajstić information content (AvgIpc) is 2.75. The lowest BCUT2D eigenvalue weighted by Gasteiger charge is -2.17. The Bertz CT molecular complexity index is 481. The van der Waals surface area contributed by atoms with Crippen molar-refractivity contribution in [3.05, 3.63) is 45.7 Å². The quantitative estimate of drug-likeness (QED) is 0.935. The van der Waals surface area contributed by atoms with Crippen LogP contribution in [-0.4, -0.2) is 7.05 Å². The molecule has 0 aliphatic heterocycles. The van der Waals surface area contributed by atoms with Crippen LogP contribution in [0.2, 0.25) is 0 Å². The summed E-state index contributed by atoms with van der Waals surface area (Å²) in [5, 5.41) is 3.29. The molecule has 2 N–H and O–H groups in total. The SMILES string of the molecule is CN(c1cccc(CN)c1)c1cc(Br)cs1. The maximum absolute atomic E-state index is 5.64. The van der Waals surface area contributed by atoms with Crippen LogP contribution < -0.4 is 10.6 Å². The van der Waals surface area contributed by atoms with E-state index < -0.39 is 0 Å². The van der Waals surface area contributed by atoms with Gasteiger partial charge < -0.3 is 10.6 Å². The van der Waals surface area contributed by atoms with Gasteiger partial charge in [0.1, 0.15) is 0 Å². The minimum atomic E-state index is 0.579. The Labute approximate surface area is 108 Å². The molecule has 0 saturated heterocycles. The highest BCUT2D eigenvalue weighted by Crippen LogP contribution is 2.32. The number of thiophene rings is 1. The smallest absolute Gasteiger partial charge is 0.0962 e. The predicted molar refractivity (Wildman–Crippen MR) is 74.4 cm³/mol. The van der Waals surface area contributed by atoms with Gasteiger partial charge in [0.25, 0.3) is 0 Å². The Hall–Kier alpha value is -0.840. The molecule has 0 fully saturated rings. The van der Waals surface area contributed by atoms with Crippen molar-refractivity contribution in [2.24, 2.45) is 5.73 Å². The molecule has 0 saturated carbocycles. The third-order valence-electron chi connectivity index (χ3n) is 2.42. The van der Waals surface area contributed by atoms with Crippen molar-refractivity contribution in [1.82, 2.24) is 0 Å². The zero-order valence-corrected chi connectivity index (χ0v) is 11.4. The lowest BCUT2D eigenvalue weighted by molar-refractivity contribution is 1.07. The van der Waals surface area contributed by atoms with Crippen molar-refractivity contribution in [1.29, 1.82) is 0 Å². The molecule has 0 aliphatic carbocycles. The summed E-state index contributed by atoms with van der Waals surface area (Å²) in [6.07, 6.45) is 0. The molecule has 0 atom stereocenters. The lowest BCUT2D eigenvalue weighted by atomic mass is 10.2. The van der Waals surface area contributed by atoms with Gasteiger partial charge in [-0.2, -0.15) is 0 Å². The van der Waals surface area contributed by atoms with E-state index in [-0.39, 0.29) is 0 Å². The summed E-state index contributed by atoms with van der Waals surface area (Å²) in [7, 11) is 2.06. The second-order valence-electron chi connectivity index (χ2n) is 3.54. The summed E-state index contributed by atoms with van der Waals surface area (Å²) in [6.45, 7) is 0.579. The monoisotopic (exact) mass is 296 g/mol. The summed E-state index contributed by atoms with van der Waals surface area (Å²) < 4.78 is 1.12. The lowest BCUT2D eigenvalue weighted by Crippen LogP contribution is -2.08. The van der Waals surface area contributed by atoms with Gasteiger partial charge in [-0.3, -0.25) is 0 Å². The average molecular weight is 297 g/mol. The van der Waals surface area contributed by atoms with Crippen molar-refractivity contribution in [3.8, 4) is 0 Å². The highest BCUT2D eigenvalue weighted by molar-refractivity contribution is 9.10. The molecule has 1 aromatic heterocycles. The fourth-order valence-electron chi connectivity index (χ4n) is 1.50. The Morgan fingerprint density at radius 1 is 1.38 bits per heavy atom. The van der Waals surface area contributed by atoms with Crippen molar-refractivity contribution < 1.29 is 0 Å². The molecule has 0 unspecified atom stereocenters. The zero-order valence-electron chi connectivity index (χ0n) is 8.98. The number of nitrogens with zero attached hydrogens (tertiary/aromatic N) is 1. The molecule has 0 spiro atoms. The van der Waals surface area contributed by atoms with Crippen molar-refractivity contribution >= 4 is 38.0 Å². The Morgan fingerprint density at radius 3 is 2.81 bits per heavy atom. The molecular weight excluding hydrogens is 284 g/mol. The van der Waals surface area contributed by atoms with Gasteiger partial charge in [-0.15, -0.1) is 11.3 Å². The van der Waals surface area contributed by atoms with Crippen LogP contribution in [0.15, 0.2) is 40.2 Å². The second-order valence-corrected chi connectivity index (χ2v) is 5.34. The molecule has 0 aliphatic rings. The number of anilines is 2. The van der Waals surface area contributed by atoms with Crippen LogP contribution in [0.4, 0.5) is 10.7 Å². The third-order valence-corrected chi connectivity index (χ3v) is 4.18. The number of hydrogen-bond donors (Lipinski definition) is 1. The van der Waals surface area contributed by atoms with Gasteiger partial charge in [0.2, 0.25) is 0 Å². The fraction of sp³-hybridized carbons (Fsp3) is 0.167. The first-order valence-electron chi connectivity index (χ1n) is 4.97. The zero-order chi connectivity index (χ0) is 11.5. The van der Waals surface area contributed by atoms with Crippen molar-refractivity contribution in [3.63, 3.8) is 0 Å². The Morgan fingerprint density at radius 2 is 2.19 bits per heavy atom. The minimum Gasteiger partial charge on any atom is -0.336 e. The fourth-order valence-corrected chi connectivity index (χ4v) is 2.91. The van der Waals surface area contributed by atoms with Crippen LogP contribution in [-0.2, 0) is 6.54 Å². The van der Waals surface area contributed by atoms with E-state index in [1.807, 2.05) is 12.1 Å². The number of nitrogens with two attached hydrogens (primary N) is 1. The van der Waals surface area contributed by atoms with E-state index in [1.165, 1.54) is 5.00 Å². The van der Waals surface area contributed by atoms with E-state index in [9.17, 15) is 0 Å². The first-order chi connectivity index (χ1) is 7.70. The van der Waals surface area contributed by atoms with Gasteiger partial charge in [-0.05, 0) is 39.7 Å². The van der Waals surface area contributed by atoms with Crippen molar-refractivity contribution in [2.45, 2.75) is 6.54 Å². The summed E-state index contributed by atoms with van der Waals surface area (Å²) in [4.78, 5) is 2.16. The van der Waals surface area contributed by atoms with Crippen LogP contribution in [0.1, 0.15) is 5.56 Å². The molecule has 0 bridgehead atoms. The van der Waals surface area contributed by atoms with E-state index in [0.717, 1.165) is 15.7 Å². The summed E-state index contributed by atoms with van der Waals surface area (Å²) in [6, 6.07) is 10.4. The minimum absolute atomic E-state index is 0.579. The number of rotatable bonds is 3. The van der Waals surface area contributed by atoms with Crippen LogP contribution >= 0.6 is 27.3 Å². The summed E-state index contributed by atoms with van der Waals surface area (Å²) >= 11 is 5.18. The molecule has 84 valence electrons. The van der Waals surface area contributed by atoms with Crippen LogP contribution in [0, 0.1) is 0 Å². The van der Waals surface area contributed by atoms with Gasteiger partial charge in [0.05, 0.1) is 5.00 Å². The third kappa shape index (κ3) is 2.45. The molecule has 2 aromatic rings. The molecule has 0 amide bonds. The topological polar surface area (TPSA) is 29.3 Å². The molecule has 2 rings (SSSR count).